The summed E-state index contributed by atoms with van der Waals surface area (Å²) in [5.74, 6) is 3.41. The van der Waals surface area contributed by atoms with Crippen LogP contribution < -0.4 is 20.4 Å². The molecule has 1 aromatic carbocycles. The monoisotopic (exact) mass is 526 g/mol. The van der Waals surface area contributed by atoms with Gasteiger partial charge in [0.05, 0.1) is 13.2 Å². The fourth-order valence-electron chi connectivity index (χ4n) is 6.26. The van der Waals surface area contributed by atoms with Crippen LogP contribution in [0.2, 0.25) is 0 Å². The molecule has 7 nitrogen and oxygen atoms in total. The van der Waals surface area contributed by atoms with Crippen LogP contribution in [0.3, 0.4) is 0 Å². The minimum absolute atomic E-state index is 0.0405. The molecular formula is C28H39FN6OS. The molecule has 0 radical (unpaired) electrons. The number of benzene rings is 1. The number of morpholine rings is 1. The summed E-state index contributed by atoms with van der Waals surface area (Å²) < 4.78 is 19.1. The quantitative estimate of drug-likeness (QED) is 0.524. The average Bonchev–Trinajstić information content (AvgIpc) is 3.38. The summed E-state index contributed by atoms with van der Waals surface area (Å²) in [5, 5.41) is 7.23. The Morgan fingerprint density at radius 2 is 1.65 bits per heavy atom. The molecule has 2 saturated heterocycles. The summed E-state index contributed by atoms with van der Waals surface area (Å²) in [4.78, 5) is 14.4. The second-order valence-corrected chi connectivity index (χ2v) is 11.6. The lowest BCUT2D eigenvalue weighted by atomic mass is 9.79. The van der Waals surface area contributed by atoms with E-state index in [1.807, 2.05) is 12.1 Å². The van der Waals surface area contributed by atoms with Gasteiger partial charge in [-0.15, -0.1) is 0 Å². The first-order valence-corrected chi connectivity index (χ1v) is 14.1. The molecule has 2 aliphatic heterocycles. The maximum Gasteiger partial charge on any atom is 0.232 e. The van der Waals surface area contributed by atoms with Gasteiger partial charge in [-0.25, -0.2) is 4.39 Å². The summed E-state index contributed by atoms with van der Waals surface area (Å²) >= 11 is 5.72. The minimum Gasteiger partial charge on any atom is -0.378 e. The Labute approximate surface area is 225 Å². The second kappa shape index (κ2) is 11.5. The number of anilines is 3. The maximum atomic E-state index is 13.6. The number of nitrogens with one attached hydrogen (secondary N) is 2. The Hall–Kier alpha value is -2.52. The molecule has 3 fully saturated rings. The Morgan fingerprint density at radius 3 is 2.30 bits per heavy atom. The largest absolute Gasteiger partial charge is 0.378 e. The maximum absolute atomic E-state index is 13.6. The van der Waals surface area contributed by atoms with E-state index in [0.717, 1.165) is 50.7 Å². The number of thiocarbonyl (C=S) groups is 1. The van der Waals surface area contributed by atoms with Gasteiger partial charge in [0.25, 0.3) is 0 Å². The number of halogens is 1. The van der Waals surface area contributed by atoms with E-state index >= 15 is 0 Å². The molecule has 1 saturated carbocycles. The number of ether oxygens (including phenoxy) is 1. The molecule has 2 N–H and O–H groups in total. The average molecular weight is 527 g/mol. The summed E-state index contributed by atoms with van der Waals surface area (Å²) in [6.45, 7) is 10.3. The molecule has 0 bridgehead atoms. The SMILES string of the molecule is C[C@@H]1C[C@H](C)CN(c2cc(N3CCOCC3)nc(NC(=S)NCC3(c4ccc(F)cc4)CCCC3)n2)C1. The van der Waals surface area contributed by atoms with Crippen molar-refractivity contribution in [1.82, 2.24) is 15.3 Å². The lowest BCUT2D eigenvalue weighted by Gasteiger charge is -2.36. The van der Waals surface area contributed by atoms with Crippen molar-refractivity contribution in [3.05, 3.63) is 41.7 Å². The molecule has 2 aromatic rings. The van der Waals surface area contributed by atoms with Crippen molar-refractivity contribution >= 4 is 34.9 Å². The van der Waals surface area contributed by atoms with Crippen LogP contribution in [0.5, 0.6) is 0 Å². The first kappa shape index (κ1) is 26.1. The van der Waals surface area contributed by atoms with Crippen molar-refractivity contribution < 1.29 is 9.13 Å². The Balaban J connectivity index is 1.32. The number of rotatable bonds is 6. The van der Waals surface area contributed by atoms with Crippen LogP contribution in [0.25, 0.3) is 0 Å². The topological polar surface area (TPSA) is 65.6 Å². The van der Waals surface area contributed by atoms with Crippen LogP contribution in [0.4, 0.5) is 22.0 Å². The number of aromatic nitrogens is 2. The highest BCUT2D eigenvalue weighted by atomic mass is 32.1. The normalized spacial score (nSPS) is 23.6. The van der Waals surface area contributed by atoms with Crippen LogP contribution in [-0.4, -0.2) is 61.0 Å². The fourth-order valence-corrected chi connectivity index (χ4v) is 6.43. The van der Waals surface area contributed by atoms with Gasteiger partial charge in [0.1, 0.15) is 17.5 Å². The lowest BCUT2D eigenvalue weighted by Crippen LogP contribution is -2.42. The minimum atomic E-state index is -0.201. The van der Waals surface area contributed by atoms with Crippen molar-refractivity contribution in [3.63, 3.8) is 0 Å². The highest BCUT2D eigenvalue weighted by molar-refractivity contribution is 7.80. The summed E-state index contributed by atoms with van der Waals surface area (Å²) in [7, 11) is 0. The van der Waals surface area contributed by atoms with Gasteiger partial charge in [-0.1, -0.05) is 38.8 Å². The fraction of sp³-hybridized carbons (Fsp3) is 0.607. The highest BCUT2D eigenvalue weighted by Gasteiger charge is 2.35. The summed E-state index contributed by atoms with van der Waals surface area (Å²) in [6.07, 6.45) is 5.70. The van der Waals surface area contributed by atoms with E-state index in [4.69, 9.17) is 26.9 Å². The van der Waals surface area contributed by atoms with E-state index < -0.39 is 0 Å². The molecule has 1 aromatic heterocycles. The van der Waals surface area contributed by atoms with Gasteiger partial charge >= 0.3 is 0 Å². The summed E-state index contributed by atoms with van der Waals surface area (Å²) in [5.41, 5.74) is 1.13. The molecular weight excluding hydrogens is 487 g/mol. The van der Waals surface area contributed by atoms with Crippen molar-refractivity contribution in [3.8, 4) is 0 Å². The smallest absolute Gasteiger partial charge is 0.232 e. The van der Waals surface area contributed by atoms with Gasteiger partial charge in [-0.2, -0.15) is 9.97 Å². The summed E-state index contributed by atoms with van der Waals surface area (Å²) in [6, 6.07) is 9.06. The van der Waals surface area contributed by atoms with E-state index in [0.29, 0.717) is 42.7 Å². The molecule has 0 unspecified atom stereocenters. The van der Waals surface area contributed by atoms with Gasteiger partial charge < -0.3 is 25.2 Å². The third-order valence-corrected chi connectivity index (χ3v) is 8.30. The van der Waals surface area contributed by atoms with E-state index in [2.05, 4.69) is 40.3 Å². The van der Waals surface area contributed by atoms with Gasteiger partial charge in [-0.3, -0.25) is 0 Å². The van der Waals surface area contributed by atoms with Crippen LogP contribution in [0, 0.1) is 17.7 Å². The Morgan fingerprint density at radius 1 is 1.03 bits per heavy atom. The number of hydrogen-bond donors (Lipinski definition) is 2. The molecule has 5 rings (SSSR count). The highest BCUT2D eigenvalue weighted by Crippen LogP contribution is 2.40. The van der Waals surface area contributed by atoms with E-state index in [1.165, 1.54) is 24.8 Å². The molecule has 0 amide bonds. The first-order chi connectivity index (χ1) is 17.9. The zero-order valence-corrected chi connectivity index (χ0v) is 22.8. The third-order valence-electron chi connectivity index (χ3n) is 8.06. The molecule has 9 heteroatoms. The van der Waals surface area contributed by atoms with Crippen LogP contribution in [-0.2, 0) is 10.2 Å². The zero-order chi connectivity index (χ0) is 25.8. The van der Waals surface area contributed by atoms with Crippen molar-refractivity contribution in [2.24, 2.45) is 11.8 Å². The van der Waals surface area contributed by atoms with Crippen LogP contribution in [0.1, 0.15) is 51.5 Å². The molecule has 0 spiro atoms. The standard InChI is InChI=1S/C28H39FN6OS/c1-20-15-21(2)18-35(17-20)25-16-24(34-11-13-36-14-12-34)31-26(32-25)33-27(37)30-19-28(9-3-4-10-28)22-5-7-23(29)8-6-22/h5-8,16,20-21H,3-4,9-15,17-19H2,1-2H3,(H2,30,31,32,33,37)/t20-,21+. The Kier molecular flexibility index (Phi) is 8.09. The molecule has 200 valence electrons. The van der Waals surface area contributed by atoms with Crippen LogP contribution in [0.15, 0.2) is 30.3 Å². The first-order valence-electron chi connectivity index (χ1n) is 13.7. The number of piperidine rings is 1. The molecule has 1 aliphatic carbocycles. The number of hydrogen-bond acceptors (Lipinski definition) is 6. The van der Waals surface area contributed by atoms with Gasteiger partial charge in [0.2, 0.25) is 5.95 Å². The molecule has 37 heavy (non-hydrogen) atoms. The van der Waals surface area contributed by atoms with E-state index in [-0.39, 0.29) is 11.2 Å². The second-order valence-electron chi connectivity index (χ2n) is 11.2. The predicted octanol–water partition coefficient (Wildman–Crippen LogP) is 4.73. The van der Waals surface area contributed by atoms with Crippen molar-refractivity contribution in [1.29, 1.82) is 0 Å². The lowest BCUT2D eigenvalue weighted by molar-refractivity contribution is 0.122. The van der Waals surface area contributed by atoms with Crippen LogP contribution >= 0.6 is 12.2 Å². The van der Waals surface area contributed by atoms with Gasteiger partial charge in [-0.05, 0) is 61.0 Å². The Bertz CT molecular complexity index is 1060. The van der Waals surface area contributed by atoms with E-state index in [9.17, 15) is 4.39 Å². The molecule has 3 aliphatic rings. The van der Waals surface area contributed by atoms with Crippen molar-refractivity contribution in [2.75, 3.05) is 61.1 Å². The van der Waals surface area contributed by atoms with Gasteiger partial charge in [0, 0.05) is 44.2 Å². The zero-order valence-electron chi connectivity index (χ0n) is 22.0. The van der Waals surface area contributed by atoms with E-state index in [1.54, 1.807) is 12.1 Å². The molecule has 3 heterocycles. The third kappa shape index (κ3) is 6.32. The molecule has 2 atom stereocenters. The van der Waals surface area contributed by atoms with Crippen molar-refractivity contribution in [2.45, 2.75) is 51.4 Å². The number of nitrogens with zero attached hydrogens (tertiary/aromatic N) is 4. The van der Waals surface area contributed by atoms with Gasteiger partial charge in [0.15, 0.2) is 5.11 Å². The predicted molar refractivity (Wildman–Crippen MR) is 151 cm³/mol.